The van der Waals surface area contributed by atoms with Gasteiger partial charge in [0.2, 0.25) is 0 Å². The number of hydrogen-bond acceptors (Lipinski definition) is 3. The Morgan fingerprint density at radius 2 is 1.79 bits per heavy atom. The number of benzene rings is 1. The smallest absolute Gasteiger partial charge is 0.411 e. The lowest BCUT2D eigenvalue weighted by molar-refractivity contribution is -0.175. The summed E-state index contributed by atoms with van der Waals surface area (Å²) in [6.07, 6.45) is -4.29. The van der Waals surface area contributed by atoms with Crippen LogP contribution in [-0.2, 0) is 4.74 Å². The minimum atomic E-state index is -4.29. The summed E-state index contributed by atoms with van der Waals surface area (Å²) in [5.74, 6) is 0.614. The van der Waals surface area contributed by atoms with E-state index in [0.717, 1.165) is 5.56 Å². The molecule has 0 aliphatic heterocycles. The summed E-state index contributed by atoms with van der Waals surface area (Å²) in [5, 5.41) is 3.11. The van der Waals surface area contributed by atoms with E-state index in [0.29, 0.717) is 5.75 Å². The fourth-order valence-electron chi connectivity index (χ4n) is 1.43. The summed E-state index contributed by atoms with van der Waals surface area (Å²) in [5.41, 5.74) is 1.11. The Bertz CT molecular complexity index is 365. The molecule has 1 unspecified atom stereocenters. The molecule has 0 aliphatic carbocycles. The molecule has 3 nitrogen and oxygen atoms in total. The zero-order valence-electron chi connectivity index (χ0n) is 11.0. The van der Waals surface area contributed by atoms with Crippen molar-refractivity contribution in [1.29, 1.82) is 0 Å². The lowest BCUT2D eigenvalue weighted by Crippen LogP contribution is -2.19. The van der Waals surface area contributed by atoms with E-state index in [4.69, 9.17) is 4.74 Å². The van der Waals surface area contributed by atoms with E-state index in [2.05, 4.69) is 10.1 Å². The molecule has 1 atom stereocenters. The van der Waals surface area contributed by atoms with Gasteiger partial charge >= 0.3 is 6.18 Å². The molecule has 0 saturated heterocycles. The Kier molecular flexibility index (Phi) is 6.11. The van der Waals surface area contributed by atoms with Crippen LogP contribution in [-0.4, -0.2) is 33.0 Å². The fourth-order valence-corrected chi connectivity index (χ4v) is 1.43. The van der Waals surface area contributed by atoms with E-state index in [1.54, 1.807) is 12.1 Å². The van der Waals surface area contributed by atoms with Crippen LogP contribution in [0.1, 0.15) is 18.5 Å². The molecule has 0 saturated carbocycles. The number of alkyl halides is 3. The summed E-state index contributed by atoms with van der Waals surface area (Å²) >= 11 is 0. The molecule has 6 heteroatoms. The average molecular weight is 277 g/mol. The zero-order chi connectivity index (χ0) is 14.3. The molecule has 0 aliphatic rings. The summed E-state index contributed by atoms with van der Waals surface area (Å²) in [6.45, 7) is 0.793. The van der Waals surface area contributed by atoms with Crippen LogP contribution in [0, 0.1) is 0 Å². The van der Waals surface area contributed by atoms with Crippen LogP contribution in [0.2, 0.25) is 0 Å². The molecule has 0 heterocycles. The Morgan fingerprint density at radius 1 is 1.16 bits per heavy atom. The molecule has 1 rings (SSSR count). The fraction of sp³-hybridized carbons (Fsp3) is 0.538. The maximum absolute atomic E-state index is 11.8. The highest BCUT2D eigenvalue weighted by Gasteiger charge is 2.27. The van der Waals surface area contributed by atoms with Crippen LogP contribution in [0.15, 0.2) is 24.3 Å². The highest BCUT2D eigenvalue weighted by atomic mass is 19.4. The van der Waals surface area contributed by atoms with Gasteiger partial charge in [-0.05, 0) is 31.7 Å². The van der Waals surface area contributed by atoms with E-state index in [-0.39, 0.29) is 19.3 Å². The molecule has 0 bridgehead atoms. The van der Waals surface area contributed by atoms with Crippen molar-refractivity contribution in [2.45, 2.75) is 19.1 Å². The molecule has 19 heavy (non-hydrogen) atoms. The lowest BCUT2D eigenvalue weighted by Gasteiger charge is -2.12. The van der Waals surface area contributed by atoms with Crippen LogP contribution in [0.25, 0.3) is 0 Å². The topological polar surface area (TPSA) is 30.5 Å². The van der Waals surface area contributed by atoms with Crippen molar-refractivity contribution in [3.05, 3.63) is 29.8 Å². The predicted octanol–water partition coefficient (Wildman–Crippen LogP) is 2.92. The third-order valence-corrected chi connectivity index (χ3v) is 2.58. The minimum Gasteiger partial charge on any atom is -0.491 e. The summed E-state index contributed by atoms with van der Waals surface area (Å²) in [6, 6.07) is 7.63. The second-order valence-corrected chi connectivity index (χ2v) is 4.10. The first-order chi connectivity index (χ1) is 8.92. The Hall–Kier alpha value is -1.27. The second kappa shape index (κ2) is 7.35. The number of nitrogens with one attached hydrogen (secondary N) is 1. The van der Waals surface area contributed by atoms with Gasteiger partial charge < -0.3 is 14.8 Å². The Morgan fingerprint density at radius 3 is 2.32 bits per heavy atom. The van der Waals surface area contributed by atoms with Crippen molar-refractivity contribution < 1.29 is 22.6 Å². The maximum Gasteiger partial charge on any atom is 0.411 e. The summed E-state index contributed by atoms with van der Waals surface area (Å²) in [7, 11) is 1.87. The molecular formula is C13H18F3NO2. The summed E-state index contributed by atoms with van der Waals surface area (Å²) in [4.78, 5) is 0. The van der Waals surface area contributed by atoms with Gasteiger partial charge in [-0.15, -0.1) is 0 Å². The Labute approximate surface area is 110 Å². The average Bonchev–Trinajstić information content (AvgIpc) is 2.37. The van der Waals surface area contributed by atoms with Gasteiger partial charge in [0.1, 0.15) is 19.0 Å². The highest BCUT2D eigenvalue weighted by Crippen LogP contribution is 2.17. The van der Waals surface area contributed by atoms with E-state index in [1.165, 1.54) is 0 Å². The van der Waals surface area contributed by atoms with Crippen molar-refractivity contribution in [3.8, 4) is 5.75 Å². The van der Waals surface area contributed by atoms with Gasteiger partial charge in [0, 0.05) is 6.04 Å². The first-order valence-corrected chi connectivity index (χ1v) is 5.97. The molecule has 0 aromatic heterocycles. The standard InChI is InChI=1S/C13H18F3NO2/c1-10(17-2)11-3-5-12(6-4-11)19-8-7-18-9-13(14,15)16/h3-6,10,17H,7-9H2,1-2H3. The lowest BCUT2D eigenvalue weighted by atomic mass is 10.1. The second-order valence-electron chi connectivity index (χ2n) is 4.10. The van der Waals surface area contributed by atoms with Crippen molar-refractivity contribution in [2.75, 3.05) is 26.9 Å². The molecule has 0 fully saturated rings. The van der Waals surface area contributed by atoms with Gasteiger partial charge in [-0.2, -0.15) is 13.2 Å². The normalized spacial score (nSPS) is 13.3. The summed E-state index contributed by atoms with van der Waals surface area (Å²) < 4.78 is 45.1. The van der Waals surface area contributed by atoms with Crippen LogP contribution in [0.5, 0.6) is 5.75 Å². The molecule has 108 valence electrons. The van der Waals surface area contributed by atoms with Crippen molar-refractivity contribution in [3.63, 3.8) is 0 Å². The van der Waals surface area contributed by atoms with Gasteiger partial charge in [-0.25, -0.2) is 0 Å². The molecule has 0 radical (unpaired) electrons. The largest absolute Gasteiger partial charge is 0.491 e. The van der Waals surface area contributed by atoms with Gasteiger partial charge in [0.05, 0.1) is 6.61 Å². The van der Waals surface area contributed by atoms with Crippen molar-refractivity contribution >= 4 is 0 Å². The maximum atomic E-state index is 11.8. The van der Waals surface area contributed by atoms with Crippen LogP contribution in [0.4, 0.5) is 13.2 Å². The zero-order valence-corrected chi connectivity index (χ0v) is 11.0. The van der Waals surface area contributed by atoms with Crippen molar-refractivity contribution in [2.24, 2.45) is 0 Å². The number of rotatable bonds is 7. The quantitative estimate of drug-likeness (QED) is 0.777. The Balaban J connectivity index is 2.27. The number of hydrogen-bond donors (Lipinski definition) is 1. The third kappa shape index (κ3) is 6.45. The third-order valence-electron chi connectivity index (χ3n) is 2.58. The van der Waals surface area contributed by atoms with E-state index in [9.17, 15) is 13.2 Å². The van der Waals surface area contributed by atoms with Gasteiger partial charge in [-0.3, -0.25) is 0 Å². The van der Waals surface area contributed by atoms with E-state index < -0.39 is 12.8 Å². The molecular weight excluding hydrogens is 259 g/mol. The molecule has 1 aromatic carbocycles. The number of ether oxygens (including phenoxy) is 2. The molecule has 0 amide bonds. The predicted molar refractivity (Wildman–Crippen MR) is 66.3 cm³/mol. The van der Waals surface area contributed by atoms with Gasteiger partial charge in [0.25, 0.3) is 0 Å². The van der Waals surface area contributed by atoms with Crippen LogP contribution >= 0.6 is 0 Å². The van der Waals surface area contributed by atoms with E-state index >= 15 is 0 Å². The minimum absolute atomic E-state index is 0.0891. The molecule has 1 N–H and O–H groups in total. The SMILES string of the molecule is CNC(C)c1ccc(OCCOCC(F)(F)F)cc1. The first kappa shape index (κ1) is 15.8. The first-order valence-electron chi connectivity index (χ1n) is 5.97. The van der Waals surface area contributed by atoms with Gasteiger partial charge in [0.15, 0.2) is 0 Å². The number of halogens is 3. The highest BCUT2D eigenvalue weighted by molar-refractivity contribution is 5.28. The molecule has 0 spiro atoms. The van der Waals surface area contributed by atoms with E-state index in [1.807, 2.05) is 26.1 Å². The monoisotopic (exact) mass is 277 g/mol. The van der Waals surface area contributed by atoms with Crippen molar-refractivity contribution in [1.82, 2.24) is 5.32 Å². The molecule has 1 aromatic rings. The van der Waals surface area contributed by atoms with Crippen LogP contribution in [0.3, 0.4) is 0 Å². The van der Waals surface area contributed by atoms with Crippen LogP contribution < -0.4 is 10.1 Å². The van der Waals surface area contributed by atoms with Gasteiger partial charge in [-0.1, -0.05) is 12.1 Å².